The SMILES string of the molecule is Cc1ccc(C(=O)NCc2nnc3ccc(-c4ccccc4)nn23)s1. The summed E-state index contributed by atoms with van der Waals surface area (Å²) in [5.74, 6) is 0.475. The zero-order valence-corrected chi connectivity index (χ0v) is 14.3. The highest BCUT2D eigenvalue weighted by Crippen LogP contribution is 2.17. The van der Waals surface area contributed by atoms with E-state index in [-0.39, 0.29) is 12.5 Å². The molecule has 0 spiro atoms. The third kappa shape index (κ3) is 3.14. The van der Waals surface area contributed by atoms with Crippen LogP contribution in [0.25, 0.3) is 16.9 Å². The van der Waals surface area contributed by atoms with Crippen LogP contribution in [0.3, 0.4) is 0 Å². The highest BCUT2D eigenvalue weighted by Gasteiger charge is 2.12. The van der Waals surface area contributed by atoms with Crippen molar-refractivity contribution in [2.45, 2.75) is 13.5 Å². The first kappa shape index (κ1) is 15.5. The lowest BCUT2D eigenvalue weighted by Gasteiger charge is -2.04. The quantitative estimate of drug-likeness (QED) is 0.614. The van der Waals surface area contributed by atoms with E-state index in [0.717, 1.165) is 16.1 Å². The molecule has 0 saturated heterocycles. The van der Waals surface area contributed by atoms with Crippen LogP contribution in [0.1, 0.15) is 20.4 Å². The summed E-state index contributed by atoms with van der Waals surface area (Å²) < 4.78 is 1.67. The Labute approximate surface area is 148 Å². The second-order valence-corrected chi connectivity index (χ2v) is 6.85. The fraction of sp³-hybridized carbons (Fsp3) is 0.111. The fourth-order valence-electron chi connectivity index (χ4n) is 2.51. The van der Waals surface area contributed by atoms with Crippen molar-refractivity contribution < 1.29 is 4.79 Å². The van der Waals surface area contributed by atoms with Gasteiger partial charge >= 0.3 is 0 Å². The minimum atomic E-state index is -0.117. The summed E-state index contributed by atoms with van der Waals surface area (Å²) in [5.41, 5.74) is 2.49. The number of fused-ring (bicyclic) bond motifs is 1. The van der Waals surface area contributed by atoms with Gasteiger partial charge in [-0.2, -0.15) is 9.61 Å². The molecule has 4 rings (SSSR count). The van der Waals surface area contributed by atoms with E-state index in [4.69, 9.17) is 0 Å². The normalized spacial score (nSPS) is 10.9. The van der Waals surface area contributed by atoms with Crippen LogP contribution in [-0.4, -0.2) is 25.7 Å². The first-order valence-corrected chi connectivity index (χ1v) is 8.64. The molecule has 0 saturated carbocycles. The van der Waals surface area contributed by atoms with E-state index in [1.54, 1.807) is 4.52 Å². The summed E-state index contributed by atoms with van der Waals surface area (Å²) >= 11 is 1.47. The van der Waals surface area contributed by atoms with Gasteiger partial charge in [-0.1, -0.05) is 30.3 Å². The number of rotatable bonds is 4. The molecule has 3 heterocycles. The van der Waals surface area contributed by atoms with Gasteiger partial charge in [0.25, 0.3) is 5.91 Å². The zero-order chi connectivity index (χ0) is 17.2. The second-order valence-electron chi connectivity index (χ2n) is 5.56. The molecule has 7 heteroatoms. The summed E-state index contributed by atoms with van der Waals surface area (Å²) in [4.78, 5) is 14.0. The van der Waals surface area contributed by atoms with Crippen molar-refractivity contribution in [2.24, 2.45) is 0 Å². The number of nitrogens with one attached hydrogen (secondary N) is 1. The topological polar surface area (TPSA) is 72.2 Å². The summed E-state index contributed by atoms with van der Waals surface area (Å²) in [6.07, 6.45) is 0. The maximum absolute atomic E-state index is 12.2. The number of benzene rings is 1. The number of hydrogen-bond acceptors (Lipinski definition) is 5. The van der Waals surface area contributed by atoms with Crippen LogP contribution in [0, 0.1) is 6.92 Å². The van der Waals surface area contributed by atoms with Crippen LogP contribution in [-0.2, 0) is 6.54 Å². The maximum Gasteiger partial charge on any atom is 0.261 e. The maximum atomic E-state index is 12.2. The standard InChI is InChI=1S/C18H15N5OS/c1-12-7-9-15(25-12)18(24)19-11-17-21-20-16-10-8-14(22-23(16)17)13-5-3-2-4-6-13/h2-10H,11H2,1H3,(H,19,24). The Hall–Kier alpha value is -3.06. The van der Waals surface area contributed by atoms with Crippen LogP contribution >= 0.6 is 11.3 Å². The van der Waals surface area contributed by atoms with Crippen molar-refractivity contribution in [1.82, 2.24) is 25.1 Å². The lowest BCUT2D eigenvalue weighted by atomic mass is 10.1. The summed E-state index contributed by atoms with van der Waals surface area (Å²) in [5, 5.41) is 15.7. The zero-order valence-electron chi connectivity index (χ0n) is 13.5. The predicted molar refractivity (Wildman–Crippen MR) is 96.4 cm³/mol. The molecule has 1 N–H and O–H groups in total. The van der Waals surface area contributed by atoms with Gasteiger partial charge in [0.15, 0.2) is 11.5 Å². The number of amides is 1. The number of carbonyl (C=O) groups is 1. The summed E-state index contributed by atoms with van der Waals surface area (Å²) in [6.45, 7) is 2.24. The van der Waals surface area contributed by atoms with E-state index >= 15 is 0 Å². The van der Waals surface area contributed by atoms with E-state index < -0.39 is 0 Å². The number of carbonyl (C=O) groups excluding carboxylic acids is 1. The minimum absolute atomic E-state index is 0.117. The van der Waals surface area contributed by atoms with Crippen molar-refractivity contribution in [3.8, 4) is 11.3 Å². The lowest BCUT2D eigenvalue weighted by Crippen LogP contribution is -2.23. The van der Waals surface area contributed by atoms with Crippen LogP contribution in [0.15, 0.2) is 54.6 Å². The van der Waals surface area contributed by atoms with Crippen molar-refractivity contribution in [1.29, 1.82) is 0 Å². The molecule has 4 aromatic rings. The molecule has 25 heavy (non-hydrogen) atoms. The third-order valence-electron chi connectivity index (χ3n) is 3.77. The number of thiophene rings is 1. The molecule has 0 atom stereocenters. The number of hydrogen-bond donors (Lipinski definition) is 1. The molecule has 1 aromatic carbocycles. The van der Waals surface area contributed by atoms with Gasteiger partial charge in [0.05, 0.1) is 17.1 Å². The van der Waals surface area contributed by atoms with E-state index in [1.807, 2.05) is 61.5 Å². The van der Waals surface area contributed by atoms with Gasteiger partial charge in [0.1, 0.15) is 0 Å². The van der Waals surface area contributed by atoms with E-state index in [2.05, 4.69) is 20.6 Å². The Morgan fingerprint density at radius 1 is 1.08 bits per heavy atom. The van der Waals surface area contributed by atoms with Gasteiger partial charge in [0.2, 0.25) is 0 Å². The van der Waals surface area contributed by atoms with Crippen LogP contribution < -0.4 is 5.32 Å². The van der Waals surface area contributed by atoms with Crippen LogP contribution in [0.4, 0.5) is 0 Å². The minimum Gasteiger partial charge on any atom is -0.344 e. The Balaban J connectivity index is 1.58. The van der Waals surface area contributed by atoms with Crippen molar-refractivity contribution in [3.63, 3.8) is 0 Å². The van der Waals surface area contributed by atoms with Gasteiger partial charge in [-0.3, -0.25) is 4.79 Å². The molecule has 0 bridgehead atoms. The van der Waals surface area contributed by atoms with Gasteiger partial charge in [-0.25, -0.2) is 0 Å². The van der Waals surface area contributed by atoms with E-state index in [0.29, 0.717) is 16.3 Å². The molecule has 1 amide bonds. The molecule has 0 aliphatic rings. The van der Waals surface area contributed by atoms with Crippen molar-refractivity contribution >= 4 is 22.9 Å². The van der Waals surface area contributed by atoms with E-state index in [9.17, 15) is 4.79 Å². The fourth-order valence-corrected chi connectivity index (χ4v) is 3.29. The Morgan fingerprint density at radius 2 is 1.92 bits per heavy atom. The van der Waals surface area contributed by atoms with Gasteiger partial charge < -0.3 is 5.32 Å². The molecule has 0 aliphatic carbocycles. The first-order valence-electron chi connectivity index (χ1n) is 7.82. The number of aryl methyl sites for hydroxylation is 1. The lowest BCUT2D eigenvalue weighted by molar-refractivity contribution is 0.0953. The van der Waals surface area contributed by atoms with E-state index in [1.165, 1.54) is 11.3 Å². The highest BCUT2D eigenvalue weighted by atomic mass is 32.1. The first-order chi connectivity index (χ1) is 12.2. The molecule has 0 aliphatic heterocycles. The Morgan fingerprint density at radius 3 is 2.68 bits per heavy atom. The summed E-state index contributed by atoms with van der Waals surface area (Å²) in [6, 6.07) is 17.4. The Bertz CT molecular complexity index is 1040. The molecule has 0 fully saturated rings. The number of nitrogens with zero attached hydrogens (tertiary/aromatic N) is 4. The smallest absolute Gasteiger partial charge is 0.261 e. The molecule has 124 valence electrons. The second kappa shape index (κ2) is 6.45. The number of aromatic nitrogens is 4. The monoisotopic (exact) mass is 349 g/mol. The van der Waals surface area contributed by atoms with Gasteiger partial charge in [0, 0.05) is 10.4 Å². The molecule has 0 unspecified atom stereocenters. The Kier molecular flexibility index (Phi) is 3.99. The van der Waals surface area contributed by atoms with Gasteiger partial charge in [-0.05, 0) is 31.2 Å². The largest absolute Gasteiger partial charge is 0.344 e. The molecular formula is C18H15N5OS. The molecule has 6 nitrogen and oxygen atoms in total. The van der Waals surface area contributed by atoms with Crippen LogP contribution in [0.2, 0.25) is 0 Å². The predicted octanol–water partition coefficient (Wildman–Crippen LogP) is 3.09. The van der Waals surface area contributed by atoms with Crippen molar-refractivity contribution in [2.75, 3.05) is 0 Å². The molecular weight excluding hydrogens is 334 g/mol. The van der Waals surface area contributed by atoms with Crippen molar-refractivity contribution in [3.05, 3.63) is 70.2 Å². The highest BCUT2D eigenvalue weighted by molar-refractivity contribution is 7.13. The summed E-state index contributed by atoms with van der Waals surface area (Å²) in [7, 11) is 0. The average Bonchev–Trinajstić information content (AvgIpc) is 3.26. The molecule has 3 aromatic heterocycles. The molecule has 0 radical (unpaired) electrons. The third-order valence-corrected chi connectivity index (χ3v) is 4.77. The average molecular weight is 349 g/mol. The van der Waals surface area contributed by atoms with Gasteiger partial charge in [-0.15, -0.1) is 21.5 Å². The van der Waals surface area contributed by atoms with Crippen LogP contribution in [0.5, 0.6) is 0 Å².